The quantitative estimate of drug-likeness (QED) is 0.607. The van der Waals surface area contributed by atoms with Crippen LogP contribution in [-0.4, -0.2) is 65.3 Å². The molecular weight excluding hydrogens is 390 g/mol. The normalized spacial score (nSPS) is 19.0. The van der Waals surface area contributed by atoms with Gasteiger partial charge in [-0.25, -0.2) is 21.6 Å². The summed E-state index contributed by atoms with van der Waals surface area (Å²) >= 11 is 0. The summed E-state index contributed by atoms with van der Waals surface area (Å²) in [6, 6.07) is 4.29. The van der Waals surface area contributed by atoms with E-state index in [0.29, 0.717) is 17.7 Å². The number of nitrogens with zero attached hydrogens (tertiary/aromatic N) is 1. The fourth-order valence-electron chi connectivity index (χ4n) is 2.96. The second-order valence-electron chi connectivity index (χ2n) is 6.40. The van der Waals surface area contributed by atoms with E-state index in [9.17, 15) is 21.6 Å². The number of carbonyl (C=O) groups excluding carboxylic acids is 1. The number of benzene rings is 1. The number of hydrogen-bond acceptors (Lipinski definition) is 6. The highest BCUT2D eigenvalue weighted by Crippen LogP contribution is 2.21. The van der Waals surface area contributed by atoms with Gasteiger partial charge in [-0.2, -0.15) is 0 Å². The Kier molecular flexibility index (Phi) is 6.64. The SMILES string of the molecule is C#CCN(CC(=O)Nc1ccc(C)c(S(=O)(=O)NC)c1)C1CCS(=O)(=O)C1. The highest BCUT2D eigenvalue weighted by Gasteiger charge is 2.32. The van der Waals surface area contributed by atoms with Crippen molar-refractivity contribution < 1.29 is 21.6 Å². The number of aryl methyl sites for hydroxylation is 1. The van der Waals surface area contributed by atoms with Crippen molar-refractivity contribution in [2.45, 2.75) is 24.3 Å². The summed E-state index contributed by atoms with van der Waals surface area (Å²) in [5.74, 6) is 2.12. The molecule has 1 amide bonds. The highest BCUT2D eigenvalue weighted by molar-refractivity contribution is 7.91. The number of amides is 1. The molecule has 1 fully saturated rings. The van der Waals surface area contributed by atoms with Crippen LogP contribution in [0.5, 0.6) is 0 Å². The van der Waals surface area contributed by atoms with Gasteiger partial charge in [0.25, 0.3) is 0 Å². The van der Waals surface area contributed by atoms with Gasteiger partial charge in [-0.3, -0.25) is 9.69 Å². The number of terminal acetylenes is 1. The first kappa shape index (κ1) is 21.4. The van der Waals surface area contributed by atoms with Crippen LogP contribution in [0, 0.1) is 19.3 Å². The van der Waals surface area contributed by atoms with Crippen molar-refractivity contribution in [2.75, 3.05) is 37.0 Å². The molecule has 1 aliphatic heterocycles. The van der Waals surface area contributed by atoms with Gasteiger partial charge in [-0.05, 0) is 38.1 Å². The second kappa shape index (κ2) is 8.39. The van der Waals surface area contributed by atoms with Gasteiger partial charge in [0.1, 0.15) is 0 Å². The minimum absolute atomic E-state index is 0.0168. The zero-order valence-corrected chi connectivity index (χ0v) is 16.9. The van der Waals surface area contributed by atoms with E-state index in [-0.39, 0.29) is 35.5 Å². The lowest BCUT2D eigenvalue weighted by Gasteiger charge is -2.25. The van der Waals surface area contributed by atoms with E-state index < -0.39 is 25.8 Å². The number of carbonyl (C=O) groups is 1. The van der Waals surface area contributed by atoms with Crippen LogP contribution in [0.15, 0.2) is 23.1 Å². The Hall–Kier alpha value is -1.93. The molecule has 27 heavy (non-hydrogen) atoms. The number of nitrogens with one attached hydrogen (secondary N) is 2. The van der Waals surface area contributed by atoms with E-state index in [2.05, 4.69) is 16.0 Å². The first-order valence-electron chi connectivity index (χ1n) is 8.30. The summed E-state index contributed by atoms with van der Waals surface area (Å²) in [4.78, 5) is 14.1. The van der Waals surface area contributed by atoms with Gasteiger partial charge in [0.05, 0.1) is 29.5 Å². The lowest BCUT2D eigenvalue weighted by molar-refractivity contribution is -0.117. The Balaban J connectivity index is 2.12. The summed E-state index contributed by atoms with van der Waals surface area (Å²) < 4.78 is 49.7. The van der Waals surface area contributed by atoms with Crippen molar-refractivity contribution in [3.8, 4) is 12.3 Å². The standard InChI is InChI=1S/C17H23N3O5S2/c1-4-8-20(15-7-9-26(22,23)12-15)11-17(21)19-14-6-5-13(2)16(10-14)27(24,25)18-3/h1,5-6,10,15,18H,7-9,11-12H2,2-3H3,(H,19,21). The molecule has 0 radical (unpaired) electrons. The molecule has 8 nitrogen and oxygen atoms in total. The van der Waals surface area contributed by atoms with Crippen LogP contribution < -0.4 is 10.0 Å². The van der Waals surface area contributed by atoms with E-state index in [1.54, 1.807) is 24.0 Å². The highest BCUT2D eigenvalue weighted by atomic mass is 32.2. The van der Waals surface area contributed by atoms with Crippen LogP contribution in [0.25, 0.3) is 0 Å². The zero-order chi connectivity index (χ0) is 20.2. The maximum absolute atomic E-state index is 12.4. The maximum atomic E-state index is 12.4. The smallest absolute Gasteiger partial charge is 0.240 e. The van der Waals surface area contributed by atoms with Gasteiger partial charge in [0.15, 0.2) is 9.84 Å². The lowest BCUT2D eigenvalue weighted by atomic mass is 10.2. The molecule has 0 aliphatic carbocycles. The molecule has 0 saturated carbocycles. The predicted molar refractivity (Wildman–Crippen MR) is 104 cm³/mol. The predicted octanol–water partition coefficient (Wildman–Crippen LogP) is -0.0361. The van der Waals surface area contributed by atoms with Gasteiger partial charge in [-0.15, -0.1) is 6.42 Å². The fraction of sp³-hybridized carbons (Fsp3) is 0.471. The second-order valence-corrected chi connectivity index (χ2v) is 10.5. The first-order chi connectivity index (χ1) is 12.6. The molecule has 0 spiro atoms. The van der Waals surface area contributed by atoms with E-state index in [0.717, 1.165) is 0 Å². The number of sulfonamides is 1. The lowest BCUT2D eigenvalue weighted by Crippen LogP contribution is -2.41. The maximum Gasteiger partial charge on any atom is 0.240 e. The van der Waals surface area contributed by atoms with E-state index >= 15 is 0 Å². The molecule has 2 N–H and O–H groups in total. The molecule has 1 heterocycles. The number of anilines is 1. The largest absolute Gasteiger partial charge is 0.325 e. The van der Waals surface area contributed by atoms with Crippen LogP contribution in [0.1, 0.15) is 12.0 Å². The monoisotopic (exact) mass is 413 g/mol. The van der Waals surface area contributed by atoms with Crippen molar-refractivity contribution in [2.24, 2.45) is 0 Å². The Morgan fingerprint density at radius 3 is 2.67 bits per heavy atom. The van der Waals surface area contributed by atoms with Crippen LogP contribution in [-0.2, 0) is 24.7 Å². The van der Waals surface area contributed by atoms with Gasteiger partial charge in [-0.1, -0.05) is 12.0 Å². The molecule has 1 saturated heterocycles. The van der Waals surface area contributed by atoms with Crippen LogP contribution >= 0.6 is 0 Å². The molecule has 2 rings (SSSR count). The van der Waals surface area contributed by atoms with Gasteiger partial charge in [0.2, 0.25) is 15.9 Å². The van der Waals surface area contributed by atoms with Crippen molar-refractivity contribution in [1.29, 1.82) is 0 Å². The molecule has 1 aromatic rings. The van der Waals surface area contributed by atoms with Crippen molar-refractivity contribution in [3.63, 3.8) is 0 Å². The summed E-state index contributed by atoms with van der Waals surface area (Å²) in [6.45, 7) is 1.73. The number of sulfone groups is 1. The fourth-order valence-corrected chi connectivity index (χ4v) is 5.71. The number of hydrogen-bond donors (Lipinski definition) is 2. The van der Waals surface area contributed by atoms with Gasteiger partial charge >= 0.3 is 0 Å². The third kappa shape index (κ3) is 5.52. The van der Waals surface area contributed by atoms with Crippen LogP contribution in [0.2, 0.25) is 0 Å². The topological polar surface area (TPSA) is 113 Å². The third-order valence-corrected chi connectivity index (χ3v) is 7.70. The number of rotatable bonds is 7. The molecule has 0 bridgehead atoms. The molecule has 148 valence electrons. The average Bonchev–Trinajstić information content (AvgIpc) is 2.96. The molecule has 1 aromatic carbocycles. The van der Waals surface area contributed by atoms with Gasteiger partial charge < -0.3 is 5.32 Å². The summed E-state index contributed by atoms with van der Waals surface area (Å²) in [5, 5.41) is 2.65. The molecule has 1 unspecified atom stereocenters. The Morgan fingerprint density at radius 1 is 1.41 bits per heavy atom. The zero-order valence-electron chi connectivity index (χ0n) is 15.2. The molecular formula is C17H23N3O5S2. The van der Waals surface area contributed by atoms with Crippen molar-refractivity contribution in [3.05, 3.63) is 23.8 Å². The Bertz CT molecular complexity index is 965. The summed E-state index contributed by atoms with van der Waals surface area (Å²) in [7, 11) is -5.44. The summed E-state index contributed by atoms with van der Waals surface area (Å²) in [6.07, 6.45) is 5.78. The van der Waals surface area contributed by atoms with Crippen LogP contribution in [0.4, 0.5) is 5.69 Å². The van der Waals surface area contributed by atoms with E-state index in [1.807, 2.05) is 0 Å². The van der Waals surface area contributed by atoms with E-state index in [4.69, 9.17) is 6.42 Å². The third-order valence-electron chi connectivity index (χ3n) is 4.40. The summed E-state index contributed by atoms with van der Waals surface area (Å²) in [5.41, 5.74) is 0.881. The Morgan fingerprint density at radius 2 is 2.11 bits per heavy atom. The molecule has 0 aromatic heterocycles. The minimum Gasteiger partial charge on any atom is -0.325 e. The Labute approximate surface area is 160 Å². The van der Waals surface area contributed by atoms with Crippen molar-refractivity contribution in [1.82, 2.24) is 9.62 Å². The average molecular weight is 414 g/mol. The first-order valence-corrected chi connectivity index (χ1v) is 11.6. The van der Waals surface area contributed by atoms with E-state index in [1.165, 1.54) is 13.1 Å². The molecule has 1 aliphatic rings. The molecule has 1 atom stereocenters. The minimum atomic E-state index is -3.65. The molecule has 10 heteroatoms. The van der Waals surface area contributed by atoms with Gasteiger partial charge in [0, 0.05) is 11.7 Å². The van der Waals surface area contributed by atoms with Crippen LogP contribution in [0.3, 0.4) is 0 Å². The van der Waals surface area contributed by atoms with Crippen molar-refractivity contribution >= 4 is 31.5 Å².